The number of aryl methyl sites for hydroxylation is 1. The molecule has 1 aliphatic carbocycles. The standard InChI is InChI=1S/C19H26IN3/c1-12-5-10-15-17(16(12)20)21-11-22-18(15)23-14-8-6-13(7-9-14)19(2,3)4/h5,10-11,13-14H,6-9H2,1-4H3,(H,21,22,23). The van der Waals surface area contributed by atoms with E-state index >= 15 is 0 Å². The minimum absolute atomic E-state index is 0.431. The molecule has 0 radical (unpaired) electrons. The van der Waals surface area contributed by atoms with Gasteiger partial charge in [-0.3, -0.25) is 0 Å². The SMILES string of the molecule is Cc1ccc2c(NC3CCC(C(C)(C)C)CC3)ncnc2c1I. The van der Waals surface area contributed by atoms with Crippen LogP contribution in [0.1, 0.15) is 52.0 Å². The maximum atomic E-state index is 4.51. The predicted molar refractivity (Wildman–Crippen MR) is 106 cm³/mol. The molecule has 4 heteroatoms. The zero-order valence-electron chi connectivity index (χ0n) is 14.5. The smallest absolute Gasteiger partial charge is 0.137 e. The Morgan fingerprint density at radius 3 is 2.43 bits per heavy atom. The van der Waals surface area contributed by atoms with Crippen molar-refractivity contribution in [3.63, 3.8) is 0 Å². The number of halogens is 1. The number of hydrogen-bond donors (Lipinski definition) is 1. The molecule has 1 aliphatic rings. The molecule has 1 N–H and O–H groups in total. The van der Waals surface area contributed by atoms with Crippen LogP contribution in [-0.2, 0) is 0 Å². The molecule has 0 aliphatic heterocycles. The molecule has 1 aromatic carbocycles. The van der Waals surface area contributed by atoms with Gasteiger partial charge in [0.1, 0.15) is 12.1 Å². The van der Waals surface area contributed by atoms with Gasteiger partial charge in [-0.2, -0.15) is 0 Å². The predicted octanol–water partition coefficient (Wildman–Crippen LogP) is 5.56. The molecule has 124 valence electrons. The van der Waals surface area contributed by atoms with Crippen LogP contribution >= 0.6 is 22.6 Å². The van der Waals surface area contributed by atoms with Gasteiger partial charge in [0, 0.05) is 15.0 Å². The van der Waals surface area contributed by atoms with E-state index in [1.165, 1.54) is 34.8 Å². The van der Waals surface area contributed by atoms with Crippen LogP contribution in [0.3, 0.4) is 0 Å². The fourth-order valence-corrected chi connectivity index (χ4v) is 4.22. The molecular formula is C19H26IN3. The zero-order chi connectivity index (χ0) is 16.6. The van der Waals surface area contributed by atoms with Gasteiger partial charge in [0.2, 0.25) is 0 Å². The van der Waals surface area contributed by atoms with Gasteiger partial charge in [-0.1, -0.05) is 26.8 Å². The van der Waals surface area contributed by atoms with Crippen molar-refractivity contribution in [3.8, 4) is 0 Å². The van der Waals surface area contributed by atoms with Gasteiger partial charge in [0.25, 0.3) is 0 Å². The van der Waals surface area contributed by atoms with E-state index in [0.29, 0.717) is 11.5 Å². The molecule has 0 atom stereocenters. The summed E-state index contributed by atoms with van der Waals surface area (Å²) in [6.07, 6.45) is 6.77. The lowest BCUT2D eigenvalue weighted by molar-refractivity contribution is 0.173. The number of fused-ring (bicyclic) bond motifs is 1. The quantitative estimate of drug-likeness (QED) is 0.643. The average molecular weight is 423 g/mol. The van der Waals surface area contributed by atoms with Crippen LogP contribution in [0.5, 0.6) is 0 Å². The molecular weight excluding hydrogens is 397 g/mol. The lowest BCUT2D eigenvalue weighted by atomic mass is 9.71. The third-order valence-electron chi connectivity index (χ3n) is 5.23. The normalized spacial score (nSPS) is 22.3. The largest absolute Gasteiger partial charge is 0.367 e. The van der Waals surface area contributed by atoms with Crippen molar-refractivity contribution in [1.29, 1.82) is 0 Å². The summed E-state index contributed by atoms with van der Waals surface area (Å²) in [7, 11) is 0. The third-order valence-corrected chi connectivity index (χ3v) is 6.59. The van der Waals surface area contributed by atoms with Gasteiger partial charge in [0.15, 0.2) is 0 Å². The van der Waals surface area contributed by atoms with E-state index in [1.807, 2.05) is 0 Å². The van der Waals surface area contributed by atoms with Gasteiger partial charge in [-0.15, -0.1) is 0 Å². The topological polar surface area (TPSA) is 37.8 Å². The first-order valence-corrected chi connectivity index (χ1v) is 9.60. The van der Waals surface area contributed by atoms with Crippen LogP contribution < -0.4 is 5.32 Å². The first-order valence-electron chi connectivity index (χ1n) is 8.52. The minimum atomic E-state index is 0.431. The van der Waals surface area contributed by atoms with Crippen LogP contribution in [0, 0.1) is 21.8 Å². The first kappa shape index (κ1) is 16.9. The number of rotatable bonds is 2. The molecule has 0 saturated heterocycles. The summed E-state index contributed by atoms with van der Waals surface area (Å²) in [4.78, 5) is 9.00. The highest BCUT2D eigenvalue weighted by Gasteiger charge is 2.29. The number of anilines is 1. The van der Waals surface area contributed by atoms with Crippen LogP contribution in [0.4, 0.5) is 5.82 Å². The van der Waals surface area contributed by atoms with Crippen molar-refractivity contribution in [2.75, 3.05) is 5.32 Å². The Labute approximate surface area is 152 Å². The third kappa shape index (κ3) is 3.62. The second-order valence-electron chi connectivity index (χ2n) is 7.87. The van der Waals surface area contributed by atoms with Crippen molar-refractivity contribution in [1.82, 2.24) is 9.97 Å². The fraction of sp³-hybridized carbons (Fsp3) is 0.579. The average Bonchev–Trinajstić information content (AvgIpc) is 2.51. The number of aromatic nitrogens is 2. The van der Waals surface area contributed by atoms with Crippen molar-refractivity contribution in [2.45, 2.75) is 59.4 Å². The van der Waals surface area contributed by atoms with Crippen LogP contribution in [0.15, 0.2) is 18.5 Å². The highest BCUT2D eigenvalue weighted by Crippen LogP contribution is 2.38. The van der Waals surface area contributed by atoms with Crippen LogP contribution in [-0.4, -0.2) is 16.0 Å². The van der Waals surface area contributed by atoms with E-state index in [9.17, 15) is 0 Å². The molecule has 2 aromatic rings. The molecule has 0 amide bonds. The lowest BCUT2D eigenvalue weighted by Crippen LogP contribution is -2.31. The molecule has 0 spiro atoms. The van der Waals surface area contributed by atoms with Gasteiger partial charge in [-0.25, -0.2) is 9.97 Å². The summed E-state index contributed by atoms with van der Waals surface area (Å²) < 4.78 is 1.22. The molecule has 1 aromatic heterocycles. The van der Waals surface area contributed by atoms with Gasteiger partial charge >= 0.3 is 0 Å². The molecule has 1 heterocycles. The van der Waals surface area contributed by atoms with E-state index in [4.69, 9.17) is 0 Å². The maximum Gasteiger partial charge on any atom is 0.137 e. The molecule has 1 fully saturated rings. The number of nitrogens with zero attached hydrogens (tertiary/aromatic N) is 2. The molecule has 0 unspecified atom stereocenters. The second-order valence-corrected chi connectivity index (χ2v) is 8.95. The lowest BCUT2D eigenvalue weighted by Gasteiger charge is -2.37. The Balaban J connectivity index is 1.77. The van der Waals surface area contributed by atoms with Crippen molar-refractivity contribution >= 4 is 39.3 Å². The number of benzene rings is 1. The maximum absolute atomic E-state index is 4.51. The zero-order valence-corrected chi connectivity index (χ0v) is 16.6. The fourth-order valence-electron chi connectivity index (χ4n) is 3.61. The van der Waals surface area contributed by atoms with Gasteiger partial charge < -0.3 is 5.32 Å². The van der Waals surface area contributed by atoms with Gasteiger partial charge in [-0.05, 0) is 78.2 Å². The second kappa shape index (κ2) is 6.54. The monoisotopic (exact) mass is 423 g/mol. The molecule has 23 heavy (non-hydrogen) atoms. The minimum Gasteiger partial charge on any atom is -0.367 e. The summed E-state index contributed by atoms with van der Waals surface area (Å²) in [6, 6.07) is 4.84. The summed E-state index contributed by atoms with van der Waals surface area (Å²) >= 11 is 2.38. The molecule has 3 rings (SSSR count). The number of hydrogen-bond acceptors (Lipinski definition) is 3. The highest BCUT2D eigenvalue weighted by atomic mass is 127. The van der Waals surface area contributed by atoms with E-state index in [0.717, 1.165) is 22.6 Å². The summed E-state index contributed by atoms with van der Waals surface area (Å²) in [5.41, 5.74) is 2.76. The Hall–Kier alpha value is -0.910. The summed E-state index contributed by atoms with van der Waals surface area (Å²) in [6.45, 7) is 9.24. The number of nitrogens with one attached hydrogen (secondary N) is 1. The van der Waals surface area contributed by atoms with E-state index < -0.39 is 0 Å². The summed E-state index contributed by atoms with van der Waals surface area (Å²) in [5, 5.41) is 4.83. The highest BCUT2D eigenvalue weighted by molar-refractivity contribution is 14.1. The van der Waals surface area contributed by atoms with E-state index in [-0.39, 0.29) is 0 Å². The molecule has 3 nitrogen and oxygen atoms in total. The van der Waals surface area contributed by atoms with Crippen LogP contribution in [0.25, 0.3) is 10.9 Å². The van der Waals surface area contributed by atoms with E-state index in [1.54, 1.807) is 6.33 Å². The van der Waals surface area contributed by atoms with Crippen molar-refractivity contribution in [2.24, 2.45) is 11.3 Å². The molecule has 0 bridgehead atoms. The van der Waals surface area contributed by atoms with E-state index in [2.05, 4.69) is 77.7 Å². The Bertz CT molecular complexity index is 698. The van der Waals surface area contributed by atoms with Crippen molar-refractivity contribution in [3.05, 3.63) is 27.6 Å². The first-order chi connectivity index (χ1) is 10.9. The van der Waals surface area contributed by atoms with Crippen LogP contribution in [0.2, 0.25) is 0 Å². The van der Waals surface area contributed by atoms with Gasteiger partial charge in [0.05, 0.1) is 5.52 Å². The summed E-state index contributed by atoms with van der Waals surface area (Å²) in [5.74, 6) is 1.83. The molecule has 1 saturated carbocycles. The Morgan fingerprint density at radius 1 is 1.09 bits per heavy atom. The van der Waals surface area contributed by atoms with Crippen molar-refractivity contribution < 1.29 is 0 Å². The Morgan fingerprint density at radius 2 is 1.78 bits per heavy atom. The Kier molecular flexibility index (Phi) is 4.81.